The Morgan fingerprint density at radius 3 is 1.28 bits per heavy atom. The molecule has 3 aromatic heterocycles. The van der Waals surface area contributed by atoms with E-state index in [-0.39, 0.29) is 14.9 Å². The summed E-state index contributed by atoms with van der Waals surface area (Å²) in [6, 6.07) is 13.7. The van der Waals surface area contributed by atoms with Crippen LogP contribution in [-0.4, -0.2) is 15.0 Å². The van der Waals surface area contributed by atoms with Gasteiger partial charge in [0.05, 0.1) is 0 Å². The number of hydrogen-bond donors (Lipinski definition) is 0. The van der Waals surface area contributed by atoms with Gasteiger partial charge in [0.25, 0.3) is 0 Å². The zero-order valence-electron chi connectivity index (χ0n) is 18.8. The molecule has 3 heterocycles. The van der Waals surface area contributed by atoms with Crippen LogP contribution in [0.15, 0.2) is 73.4 Å². The second-order valence-corrected chi connectivity index (χ2v) is 4.53. The molecule has 0 bridgehead atoms. The summed E-state index contributed by atoms with van der Waals surface area (Å²) in [6.45, 7) is 18.0. The number of nitrogens with zero attached hydrogens (tertiary/aromatic N) is 3. The molecule has 0 fully saturated rings. The fourth-order valence-electron chi connectivity index (χ4n) is 1.32. The summed E-state index contributed by atoms with van der Waals surface area (Å²) >= 11 is 0. The number of pyridine rings is 3. The first-order valence-electron chi connectivity index (χ1n) is 9.79. The van der Waals surface area contributed by atoms with Gasteiger partial charge in [0.2, 0.25) is 0 Å². The highest BCUT2D eigenvalue weighted by Crippen LogP contribution is 1.89. The molecule has 29 heavy (non-hydrogen) atoms. The van der Waals surface area contributed by atoms with E-state index >= 15 is 0 Å². The van der Waals surface area contributed by atoms with Gasteiger partial charge in [0.15, 0.2) is 0 Å². The smallest absolute Gasteiger partial charge is 0.0372 e. The Morgan fingerprint density at radius 2 is 1.07 bits per heavy atom. The van der Waals surface area contributed by atoms with E-state index in [1.165, 1.54) is 11.1 Å². The first-order chi connectivity index (χ1) is 13.2. The standard InChI is InChI=1S/3C6H7N.3C2H6.2CH4/c1-6-2-4-7-5-3-6;1-6-3-2-4-7-5-6;1-6-4-2-3-5-7-6;3*1-2;;/h3*2-5H,1H3;3*1-2H3;2*1H4. The highest BCUT2D eigenvalue weighted by atomic mass is 14.6. The molecular weight excluding hydrogens is 354 g/mol. The Hall–Kier alpha value is -2.55. The van der Waals surface area contributed by atoms with Crippen LogP contribution in [0, 0.1) is 20.8 Å². The van der Waals surface area contributed by atoms with E-state index in [1.807, 2.05) is 111 Å². The molecule has 0 saturated heterocycles. The number of hydrogen-bond acceptors (Lipinski definition) is 3. The molecule has 0 radical (unpaired) electrons. The van der Waals surface area contributed by atoms with Gasteiger partial charge in [-0.3, -0.25) is 15.0 Å². The SMILES string of the molecule is C.C.CC.CC.CC.Cc1ccccn1.Cc1cccnc1.Cc1ccncc1. The first-order valence-corrected chi connectivity index (χ1v) is 9.79. The van der Waals surface area contributed by atoms with Crippen molar-refractivity contribution >= 4 is 0 Å². The van der Waals surface area contributed by atoms with Crippen molar-refractivity contribution in [3.05, 3.63) is 90.3 Å². The molecule has 3 aromatic rings. The summed E-state index contributed by atoms with van der Waals surface area (Å²) in [4.78, 5) is 11.7. The largest absolute Gasteiger partial charge is 0.265 e. The van der Waals surface area contributed by atoms with Crippen molar-refractivity contribution in [3.8, 4) is 0 Å². The van der Waals surface area contributed by atoms with Crippen molar-refractivity contribution in [1.29, 1.82) is 0 Å². The predicted octanol–water partition coefficient (Wildman–Crippen LogP) is 8.52. The summed E-state index contributed by atoms with van der Waals surface area (Å²) in [5, 5.41) is 0. The van der Waals surface area contributed by atoms with Crippen molar-refractivity contribution in [1.82, 2.24) is 15.0 Å². The number of aromatic nitrogens is 3. The van der Waals surface area contributed by atoms with Crippen molar-refractivity contribution in [2.75, 3.05) is 0 Å². The monoisotopic (exact) mass is 401 g/mol. The topological polar surface area (TPSA) is 38.7 Å². The predicted molar refractivity (Wildman–Crippen MR) is 134 cm³/mol. The summed E-state index contributed by atoms with van der Waals surface area (Å²) < 4.78 is 0. The van der Waals surface area contributed by atoms with Crippen LogP contribution in [-0.2, 0) is 0 Å². The van der Waals surface area contributed by atoms with E-state index in [2.05, 4.69) is 15.0 Å². The third kappa shape index (κ3) is 30.4. The second-order valence-electron chi connectivity index (χ2n) is 4.53. The lowest BCUT2D eigenvalue weighted by Gasteiger charge is -1.82. The molecule has 0 aliphatic rings. The zero-order chi connectivity index (χ0) is 21.3. The molecule has 0 aromatic carbocycles. The van der Waals surface area contributed by atoms with Gasteiger partial charge in [-0.2, -0.15) is 0 Å². The maximum absolute atomic E-state index is 3.98. The van der Waals surface area contributed by atoms with Crippen LogP contribution in [0.25, 0.3) is 0 Å². The fraction of sp³-hybridized carbons (Fsp3) is 0.423. The second kappa shape index (κ2) is 33.1. The summed E-state index contributed by atoms with van der Waals surface area (Å²) in [7, 11) is 0. The van der Waals surface area contributed by atoms with Crippen LogP contribution in [0.3, 0.4) is 0 Å². The fourth-order valence-corrected chi connectivity index (χ4v) is 1.32. The molecular formula is C26H47N3. The van der Waals surface area contributed by atoms with E-state index in [4.69, 9.17) is 0 Å². The first kappa shape index (κ1) is 37.2. The van der Waals surface area contributed by atoms with E-state index in [1.54, 1.807) is 24.8 Å². The summed E-state index contributed by atoms with van der Waals surface area (Å²) in [5.74, 6) is 0. The van der Waals surface area contributed by atoms with Crippen molar-refractivity contribution in [2.45, 2.75) is 77.2 Å². The van der Waals surface area contributed by atoms with Crippen LogP contribution >= 0.6 is 0 Å². The normalized spacial score (nSPS) is 6.93. The summed E-state index contributed by atoms with van der Waals surface area (Å²) in [6.07, 6.45) is 8.97. The maximum atomic E-state index is 3.98. The lowest BCUT2D eigenvalue weighted by molar-refractivity contribution is 1.20. The van der Waals surface area contributed by atoms with Crippen LogP contribution < -0.4 is 0 Å². The Bertz CT molecular complexity index is 493. The third-order valence-electron chi connectivity index (χ3n) is 2.47. The van der Waals surface area contributed by atoms with E-state index < -0.39 is 0 Å². The quantitative estimate of drug-likeness (QED) is 0.379. The molecule has 0 aliphatic heterocycles. The molecule has 3 nitrogen and oxygen atoms in total. The Labute approximate surface area is 182 Å². The van der Waals surface area contributed by atoms with Crippen LogP contribution in [0.2, 0.25) is 0 Å². The lowest BCUT2D eigenvalue weighted by Crippen LogP contribution is -1.72. The molecule has 0 atom stereocenters. The molecule has 0 N–H and O–H groups in total. The van der Waals surface area contributed by atoms with E-state index in [9.17, 15) is 0 Å². The highest BCUT2D eigenvalue weighted by molar-refractivity contribution is 5.06. The van der Waals surface area contributed by atoms with Crippen molar-refractivity contribution in [2.24, 2.45) is 0 Å². The van der Waals surface area contributed by atoms with Gasteiger partial charge in [0, 0.05) is 36.7 Å². The van der Waals surface area contributed by atoms with E-state index in [0.717, 1.165) is 5.69 Å². The minimum absolute atomic E-state index is 0. The van der Waals surface area contributed by atoms with Gasteiger partial charge in [-0.15, -0.1) is 0 Å². The van der Waals surface area contributed by atoms with Gasteiger partial charge >= 0.3 is 0 Å². The molecule has 0 aliphatic carbocycles. The molecule has 3 rings (SSSR count). The Kier molecular flexibility index (Phi) is 42.5. The lowest BCUT2D eigenvalue weighted by atomic mass is 10.3. The molecule has 0 spiro atoms. The average molecular weight is 402 g/mol. The van der Waals surface area contributed by atoms with Crippen LogP contribution in [0.1, 0.15) is 73.2 Å². The third-order valence-corrected chi connectivity index (χ3v) is 2.47. The van der Waals surface area contributed by atoms with Gasteiger partial charge in [0.1, 0.15) is 0 Å². The van der Waals surface area contributed by atoms with Gasteiger partial charge in [-0.05, 0) is 62.2 Å². The molecule has 3 heteroatoms. The Balaban J connectivity index is -0.0000000853. The number of aryl methyl sites for hydroxylation is 3. The van der Waals surface area contributed by atoms with Gasteiger partial charge < -0.3 is 0 Å². The van der Waals surface area contributed by atoms with Crippen LogP contribution in [0.4, 0.5) is 0 Å². The van der Waals surface area contributed by atoms with Crippen molar-refractivity contribution < 1.29 is 0 Å². The molecule has 0 unspecified atom stereocenters. The van der Waals surface area contributed by atoms with E-state index in [0.29, 0.717) is 0 Å². The molecule has 0 saturated carbocycles. The van der Waals surface area contributed by atoms with Crippen molar-refractivity contribution in [3.63, 3.8) is 0 Å². The molecule has 0 amide bonds. The number of rotatable bonds is 0. The minimum Gasteiger partial charge on any atom is -0.265 e. The average Bonchev–Trinajstić information content (AvgIpc) is 2.75. The highest BCUT2D eigenvalue weighted by Gasteiger charge is 1.74. The van der Waals surface area contributed by atoms with Gasteiger partial charge in [-0.25, -0.2) is 0 Å². The minimum atomic E-state index is 0. The Morgan fingerprint density at radius 1 is 0.517 bits per heavy atom. The molecule has 166 valence electrons. The van der Waals surface area contributed by atoms with Gasteiger partial charge in [-0.1, -0.05) is 68.5 Å². The maximum Gasteiger partial charge on any atom is 0.0372 e. The summed E-state index contributed by atoms with van der Waals surface area (Å²) in [5.41, 5.74) is 3.54. The zero-order valence-corrected chi connectivity index (χ0v) is 18.8. The van der Waals surface area contributed by atoms with Crippen LogP contribution in [0.5, 0.6) is 0 Å².